The first-order valence-electron chi connectivity index (χ1n) is 17.4. The first-order chi connectivity index (χ1) is 21.8. The van der Waals surface area contributed by atoms with Crippen LogP contribution in [0.2, 0.25) is 0 Å². The van der Waals surface area contributed by atoms with Crippen molar-refractivity contribution < 1.29 is 23.9 Å². The SMILES string of the molecule is CCCCCCCCCCCCCCCCC(S)(S)C[C@H](C(=O)[C@H](C)CC)[C@H](O[C@H](C)Cn1cnc2c(N)ncnc21)P(=O)(O)O. The molecule has 2 aromatic rings. The molecule has 4 N–H and O–H groups in total. The van der Waals surface area contributed by atoms with Crippen molar-refractivity contribution in [3.63, 3.8) is 0 Å². The number of Topliss-reactive ketones (excluding diaryl/α,β-unsaturated/α-hetero) is 1. The van der Waals surface area contributed by atoms with Gasteiger partial charge in [-0.05, 0) is 26.2 Å². The molecule has 4 atom stereocenters. The Kier molecular flexibility index (Phi) is 18.7. The summed E-state index contributed by atoms with van der Waals surface area (Å²) in [7, 11) is -4.86. The number of unbranched alkanes of at least 4 members (excludes halogenated alkanes) is 13. The van der Waals surface area contributed by atoms with Crippen LogP contribution in [0.3, 0.4) is 0 Å². The summed E-state index contributed by atoms with van der Waals surface area (Å²) in [6.45, 7) is 7.82. The van der Waals surface area contributed by atoms with Crippen molar-refractivity contribution >= 4 is 55.6 Å². The van der Waals surface area contributed by atoms with Crippen LogP contribution in [0.5, 0.6) is 0 Å². The standard InChI is InChI=1S/C33H60N5O5PS2/c1-5-7-8-9-10-11-12-13-14-15-16-17-18-19-20-33(45,46)21-27(29(39)25(3)6-2)32(44(40,41)42)43-26(4)22-38-24-37-28-30(34)35-23-36-31(28)38/h23-27,32,45-46H,5-22H2,1-4H3,(H2,34,35,36)(H2,40,41,42)/t25-,26-,27-,32-/m1/s1. The number of ether oxygens (including phenoxy) is 1. The van der Waals surface area contributed by atoms with Gasteiger partial charge in [-0.25, -0.2) is 15.0 Å². The van der Waals surface area contributed by atoms with Crippen molar-refractivity contribution in [2.45, 2.75) is 159 Å². The molecule has 2 heterocycles. The highest BCUT2D eigenvalue weighted by Crippen LogP contribution is 2.50. The minimum atomic E-state index is -4.86. The second-order valence-electron chi connectivity index (χ2n) is 13.1. The molecule has 46 heavy (non-hydrogen) atoms. The minimum Gasteiger partial charge on any atom is -0.382 e. The van der Waals surface area contributed by atoms with Gasteiger partial charge in [-0.15, -0.1) is 0 Å². The molecular formula is C33H60N5O5PS2. The number of hydrogen-bond acceptors (Lipinski definition) is 9. The summed E-state index contributed by atoms with van der Waals surface area (Å²) in [5.41, 5.74) is 6.82. The lowest BCUT2D eigenvalue weighted by atomic mass is 9.88. The number of anilines is 1. The van der Waals surface area contributed by atoms with Gasteiger partial charge in [-0.1, -0.05) is 111 Å². The number of rotatable bonds is 26. The number of fused-ring (bicyclic) bond motifs is 1. The van der Waals surface area contributed by atoms with Crippen molar-refractivity contribution in [2.75, 3.05) is 5.73 Å². The van der Waals surface area contributed by atoms with E-state index in [1.165, 1.54) is 83.3 Å². The Morgan fingerprint density at radius 3 is 2.00 bits per heavy atom. The summed E-state index contributed by atoms with van der Waals surface area (Å²) in [5.74, 6) is -3.10. The van der Waals surface area contributed by atoms with Crippen molar-refractivity contribution in [2.24, 2.45) is 11.8 Å². The van der Waals surface area contributed by atoms with Crippen LogP contribution in [0.15, 0.2) is 12.7 Å². The van der Waals surface area contributed by atoms with E-state index in [-0.39, 0.29) is 24.6 Å². The molecule has 10 nitrogen and oxygen atoms in total. The van der Waals surface area contributed by atoms with Crippen LogP contribution in [-0.2, 0) is 20.6 Å². The lowest BCUT2D eigenvalue weighted by Gasteiger charge is -2.35. The molecule has 0 spiro atoms. The molecule has 0 aliphatic heterocycles. The number of thiol groups is 2. The van der Waals surface area contributed by atoms with E-state index in [9.17, 15) is 19.1 Å². The Morgan fingerprint density at radius 1 is 0.935 bits per heavy atom. The largest absolute Gasteiger partial charge is 0.382 e. The van der Waals surface area contributed by atoms with Crippen LogP contribution < -0.4 is 5.73 Å². The molecule has 0 aromatic carbocycles. The summed E-state index contributed by atoms with van der Waals surface area (Å²) in [6, 6.07) is 0. The van der Waals surface area contributed by atoms with Crippen molar-refractivity contribution in [3.8, 4) is 0 Å². The zero-order chi connectivity index (χ0) is 34.2. The number of nitrogens with zero attached hydrogens (tertiary/aromatic N) is 4. The van der Waals surface area contributed by atoms with Crippen LogP contribution in [0.1, 0.15) is 137 Å². The quantitative estimate of drug-likeness (QED) is 0.0282. The van der Waals surface area contributed by atoms with Crippen LogP contribution in [0.25, 0.3) is 11.2 Å². The predicted molar refractivity (Wildman–Crippen MR) is 194 cm³/mol. The van der Waals surface area contributed by atoms with Gasteiger partial charge in [0.1, 0.15) is 17.6 Å². The van der Waals surface area contributed by atoms with E-state index in [2.05, 4.69) is 21.9 Å². The highest BCUT2D eigenvalue weighted by molar-refractivity contribution is 8.00. The number of hydrogen-bond donors (Lipinski definition) is 5. The normalized spacial score (nSPS) is 15.2. The maximum Gasteiger partial charge on any atom is 0.354 e. The van der Waals surface area contributed by atoms with Gasteiger partial charge in [0.15, 0.2) is 17.3 Å². The molecule has 0 aliphatic rings. The second-order valence-corrected chi connectivity index (χ2v) is 16.9. The predicted octanol–water partition coefficient (Wildman–Crippen LogP) is 8.37. The Labute approximate surface area is 287 Å². The summed E-state index contributed by atoms with van der Waals surface area (Å²) < 4.78 is 19.7. The summed E-state index contributed by atoms with van der Waals surface area (Å²) in [5, 5.41) is 0. The van der Waals surface area contributed by atoms with Gasteiger partial charge < -0.3 is 24.8 Å². The van der Waals surface area contributed by atoms with Gasteiger partial charge >= 0.3 is 7.60 Å². The molecule has 0 aliphatic carbocycles. The zero-order valence-electron chi connectivity index (χ0n) is 28.5. The van der Waals surface area contributed by atoms with Gasteiger partial charge in [0.2, 0.25) is 0 Å². The molecule has 264 valence electrons. The number of aromatic nitrogens is 4. The molecule has 0 fully saturated rings. The molecule has 0 amide bonds. The fourth-order valence-electron chi connectivity index (χ4n) is 5.96. The van der Waals surface area contributed by atoms with Crippen LogP contribution in [0, 0.1) is 11.8 Å². The van der Waals surface area contributed by atoms with Gasteiger partial charge in [0, 0.05) is 5.92 Å². The lowest BCUT2D eigenvalue weighted by Crippen LogP contribution is -2.39. The molecule has 0 unspecified atom stereocenters. The Balaban J connectivity index is 1.92. The van der Waals surface area contributed by atoms with Crippen molar-refractivity contribution in [3.05, 3.63) is 12.7 Å². The topological polar surface area (TPSA) is 153 Å². The molecule has 2 aromatic heterocycles. The highest BCUT2D eigenvalue weighted by atomic mass is 32.2. The van der Waals surface area contributed by atoms with Gasteiger partial charge in [-0.2, -0.15) is 25.3 Å². The van der Waals surface area contributed by atoms with E-state index in [1.807, 2.05) is 6.92 Å². The summed E-state index contributed by atoms with van der Waals surface area (Å²) in [6.07, 6.45) is 21.0. The fourth-order valence-corrected chi connectivity index (χ4v) is 7.76. The summed E-state index contributed by atoms with van der Waals surface area (Å²) in [4.78, 5) is 47.0. The van der Waals surface area contributed by atoms with Crippen molar-refractivity contribution in [1.82, 2.24) is 19.5 Å². The first-order valence-corrected chi connectivity index (χ1v) is 20.0. The third-order valence-electron chi connectivity index (χ3n) is 8.87. The number of nitrogens with two attached hydrogens (primary N) is 1. The van der Waals surface area contributed by atoms with Crippen molar-refractivity contribution in [1.29, 1.82) is 0 Å². The third kappa shape index (κ3) is 14.5. The smallest absolute Gasteiger partial charge is 0.354 e. The van der Waals surface area contributed by atoms with Crippen LogP contribution in [-0.4, -0.2) is 51.1 Å². The minimum absolute atomic E-state index is 0.0844. The maximum absolute atomic E-state index is 13.6. The Morgan fingerprint density at radius 2 is 1.48 bits per heavy atom. The van der Waals surface area contributed by atoms with Gasteiger partial charge in [-0.3, -0.25) is 9.36 Å². The number of nitrogen functional groups attached to an aromatic ring is 1. The molecule has 0 saturated heterocycles. The highest BCUT2D eigenvalue weighted by Gasteiger charge is 2.45. The molecular weight excluding hydrogens is 642 g/mol. The third-order valence-corrected chi connectivity index (χ3v) is 10.8. The number of imidazole rings is 1. The lowest BCUT2D eigenvalue weighted by molar-refractivity contribution is -0.131. The van der Waals surface area contributed by atoms with Crippen LogP contribution >= 0.6 is 32.9 Å². The van der Waals surface area contributed by atoms with Gasteiger partial charge in [0.05, 0.1) is 29.0 Å². The van der Waals surface area contributed by atoms with E-state index in [0.29, 0.717) is 24.0 Å². The first kappa shape index (κ1) is 41.0. The monoisotopic (exact) mass is 701 g/mol. The second kappa shape index (κ2) is 21.0. The Bertz CT molecular complexity index is 1210. The molecule has 13 heteroatoms. The average molecular weight is 702 g/mol. The number of carbonyl (C=O) groups is 1. The van der Waals surface area contributed by atoms with E-state index in [1.54, 1.807) is 18.4 Å². The maximum atomic E-state index is 13.6. The Hall–Kier alpha value is -1.17. The molecule has 2 rings (SSSR count). The molecule has 0 bridgehead atoms. The van der Waals surface area contributed by atoms with Gasteiger partial charge in [0.25, 0.3) is 0 Å². The number of ketones is 1. The zero-order valence-corrected chi connectivity index (χ0v) is 31.2. The van der Waals surface area contributed by atoms with E-state index in [4.69, 9.17) is 35.7 Å². The van der Waals surface area contributed by atoms with Crippen LogP contribution in [0.4, 0.5) is 5.82 Å². The number of carbonyl (C=O) groups excluding carboxylic acids is 1. The van der Waals surface area contributed by atoms with E-state index in [0.717, 1.165) is 19.3 Å². The summed E-state index contributed by atoms with van der Waals surface area (Å²) >= 11 is 9.61. The average Bonchev–Trinajstić information content (AvgIpc) is 3.41. The van der Waals surface area contributed by atoms with E-state index < -0.39 is 35.5 Å². The molecule has 0 radical (unpaired) electrons. The van der Waals surface area contributed by atoms with E-state index >= 15 is 0 Å². The molecule has 0 saturated carbocycles. The fraction of sp³-hybridized carbons (Fsp3) is 0.818.